The number of hydrogen-bond acceptors (Lipinski definition) is 2. The van der Waals surface area contributed by atoms with E-state index in [1.165, 1.54) is 0 Å². The first kappa shape index (κ1) is 11.4. The molecule has 0 fully saturated rings. The summed E-state index contributed by atoms with van der Waals surface area (Å²) in [5.74, 6) is 0. The fraction of sp³-hybridized carbons (Fsp3) is 1.00. The van der Waals surface area contributed by atoms with Crippen LogP contribution < -0.4 is 11.1 Å². The molecule has 0 aromatic rings. The summed E-state index contributed by atoms with van der Waals surface area (Å²) in [7, 11) is 0. The second kappa shape index (κ2) is 5.12. The van der Waals surface area contributed by atoms with Crippen molar-refractivity contribution < 1.29 is 0 Å². The monoisotopic (exact) mass is 222 g/mol. The number of rotatable bonds is 5. The molecule has 0 saturated heterocycles. The highest BCUT2D eigenvalue weighted by Crippen LogP contribution is 2.03. The van der Waals surface area contributed by atoms with Gasteiger partial charge in [0.1, 0.15) is 0 Å². The van der Waals surface area contributed by atoms with Crippen LogP contribution in [0.4, 0.5) is 0 Å². The lowest BCUT2D eigenvalue weighted by atomic mass is 9.98. The highest BCUT2D eigenvalue weighted by Gasteiger charge is 2.18. The highest BCUT2D eigenvalue weighted by atomic mass is 79.9. The third kappa shape index (κ3) is 5.65. The van der Waals surface area contributed by atoms with Crippen LogP contribution in [0.5, 0.6) is 0 Å². The van der Waals surface area contributed by atoms with Crippen LogP contribution in [0.1, 0.15) is 27.2 Å². The third-order valence-corrected chi connectivity index (χ3v) is 2.44. The zero-order chi connectivity index (χ0) is 8.91. The Balaban J connectivity index is 3.44. The molecule has 0 amide bonds. The summed E-state index contributed by atoms with van der Waals surface area (Å²) in [5, 5.41) is 4.42. The van der Waals surface area contributed by atoms with E-state index in [-0.39, 0.29) is 5.54 Å². The van der Waals surface area contributed by atoms with Gasteiger partial charge in [-0.05, 0) is 33.7 Å². The number of nitrogens with one attached hydrogen (secondary N) is 1. The predicted molar refractivity (Wildman–Crippen MR) is 54.1 cm³/mol. The van der Waals surface area contributed by atoms with Gasteiger partial charge in [0.2, 0.25) is 0 Å². The van der Waals surface area contributed by atoms with Gasteiger partial charge in [0.15, 0.2) is 0 Å². The van der Waals surface area contributed by atoms with E-state index in [2.05, 4.69) is 28.2 Å². The predicted octanol–water partition coefficient (Wildman–Crippen LogP) is 1.49. The van der Waals surface area contributed by atoms with Crippen molar-refractivity contribution in [1.29, 1.82) is 0 Å². The average Bonchev–Trinajstić information content (AvgIpc) is 1.86. The standard InChI is InChI=1S/C8H19BrN2/c1-7(8(2,3)10)11-6-4-5-9/h7,11H,4-6,10H2,1-3H3. The molecule has 0 radical (unpaired) electrons. The van der Waals surface area contributed by atoms with E-state index in [1.807, 2.05) is 13.8 Å². The van der Waals surface area contributed by atoms with Gasteiger partial charge in [0, 0.05) is 16.9 Å². The summed E-state index contributed by atoms with van der Waals surface area (Å²) >= 11 is 3.38. The van der Waals surface area contributed by atoms with Crippen molar-refractivity contribution in [2.45, 2.75) is 38.8 Å². The Hall–Kier alpha value is 0.400. The molecule has 68 valence electrons. The Bertz CT molecular complexity index is 98.8. The van der Waals surface area contributed by atoms with Gasteiger partial charge in [-0.3, -0.25) is 0 Å². The van der Waals surface area contributed by atoms with Gasteiger partial charge < -0.3 is 11.1 Å². The van der Waals surface area contributed by atoms with Crippen LogP contribution in [0.3, 0.4) is 0 Å². The van der Waals surface area contributed by atoms with Crippen molar-refractivity contribution >= 4 is 15.9 Å². The highest BCUT2D eigenvalue weighted by molar-refractivity contribution is 9.09. The van der Waals surface area contributed by atoms with E-state index in [0.717, 1.165) is 18.3 Å². The summed E-state index contributed by atoms with van der Waals surface area (Å²) in [6.07, 6.45) is 1.15. The quantitative estimate of drug-likeness (QED) is 0.547. The summed E-state index contributed by atoms with van der Waals surface area (Å²) in [6.45, 7) is 7.23. The van der Waals surface area contributed by atoms with Crippen molar-refractivity contribution in [3.8, 4) is 0 Å². The van der Waals surface area contributed by atoms with E-state index >= 15 is 0 Å². The van der Waals surface area contributed by atoms with Gasteiger partial charge in [-0.1, -0.05) is 15.9 Å². The first-order valence-corrected chi connectivity index (χ1v) is 5.19. The molecule has 3 heteroatoms. The summed E-state index contributed by atoms with van der Waals surface area (Å²) in [5.41, 5.74) is 5.77. The number of alkyl halides is 1. The largest absolute Gasteiger partial charge is 0.324 e. The Morgan fingerprint density at radius 2 is 2.09 bits per heavy atom. The second-order valence-electron chi connectivity index (χ2n) is 3.54. The Morgan fingerprint density at radius 1 is 1.55 bits per heavy atom. The fourth-order valence-electron chi connectivity index (χ4n) is 0.648. The van der Waals surface area contributed by atoms with E-state index in [1.54, 1.807) is 0 Å². The maximum absolute atomic E-state index is 5.89. The SMILES string of the molecule is CC(NCCCBr)C(C)(C)N. The van der Waals surface area contributed by atoms with Crippen LogP contribution in [0, 0.1) is 0 Å². The van der Waals surface area contributed by atoms with Crippen LogP contribution in [0.15, 0.2) is 0 Å². The Kier molecular flexibility index (Phi) is 5.30. The first-order chi connectivity index (χ1) is 4.98. The molecule has 1 unspecified atom stereocenters. The molecule has 0 aliphatic carbocycles. The van der Waals surface area contributed by atoms with Gasteiger partial charge in [-0.15, -0.1) is 0 Å². The van der Waals surface area contributed by atoms with E-state index in [0.29, 0.717) is 6.04 Å². The lowest BCUT2D eigenvalue weighted by Crippen LogP contribution is -2.51. The van der Waals surface area contributed by atoms with Gasteiger partial charge >= 0.3 is 0 Å². The van der Waals surface area contributed by atoms with E-state index in [9.17, 15) is 0 Å². The molecule has 2 nitrogen and oxygen atoms in total. The Labute approximate surface area is 78.1 Å². The summed E-state index contributed by atoms with van der Waals surface area (Å²) in [6, 6.07) is 0.376. The number of nitrogens with two attached hydrogens (primary N) is 1. The maximum Gasteiger partial charge on any atom is 0.0249 e. The second-order valence-corrected chi connectivity index (χ2v) is 4.33. The molecule has 0 heterocycles. The first-order valence-electron chi connectivity index (χ1n) is 4.06. The minimum Gasteiger partial charge on any atom is -0.324 e. The van der Waals surface area contributed by atoms with Crippen LogP contribution in [-0.4, -0.2) is 23.5 Å². The molecule has 0 spiro atoms. The number of hydrogen-bond donors (Lipinski definition) is 2. The molecule has 0 aromatic carbocycles. The van der Waals surface area contributed by atoms with Gasteiger partial charge in [-0.2, -0.15) is 0 Å². The summed E-state index contributed by atoms with van der Waals surface area (Å²) in [4.78, 5) is 0. The summed E-state index contributed by atoms with van der Waals surface area (Å²) < 4.78 is 0. The topological polar surface area (TPSA) is 38.0 Å². The number of halogens is 1. The lowest BCUT2D eigenvalue weighted by molar-refractivity contribution is 0.365. The zero-order valence-electron chi connectivity index (χ0n) is 7.65. The molecule has 0 aromatic heterocycles. The molecule has 0 aliphatic heterocycles. The Morgan fingerprint density at radius 3 is 2.45 bits per heavy atom. The molecule has 0 bridgehead atoms. The van der Waals surface area contributed by atoms with E-state index in [4.69, 9.17) is 5.73 Å². The van der Waals surface area contributed by atoms with Gasteiger partial charge in [0.05, 0.1) is 0 Å². The van der Waals surface area contributed by atoms with E-state index < -0.39 is 0 Å². The maximum atomic E-state index is 5.89. The van der Waals surface area contributed by atoms with Crippen LogP contribution in [0.2, 0.25) is 0 Å². The smallest absolute Gasteiger partial charge is 0.0249 e. The van der Waals surface area contributed by atoms with Crippen LogP contribution in [0.25, 0.3) is 0 Å². The average molecular weight is 223 g/mol. The molecule has 0 aliphatic rings. The molecular formula is C8H19BrN2. The van der Waals surface area contributed by atoms with Crippen molar-refractivity contribution in [1.82, 2.24) is 5.32 Å². The van der Waals surface area contributed by atoms with Gasteiger partial charge in [-0.25, -0.2) is 0 Å². The fourth-order valence-corrected chi connectivity index (χ4v) is 0.929. The molecular weight excluding hydrogens is 204 g/mol. The van der Waals surface area contributed by atoms with Gasteiger partial charge in [0.25, 0.3) is 0 Å². The lowest BCUT2D eigenvalue weighted by Gasteiger charge is -2.28. The molecule has 3 N–H and O–H groups in total. The molecule has 1 atom stereocenters. The van der Waals surface area contributed by atoms with Crippen molar-refractivity contribution in [3.63, 3.8) is 0 Å². The zero-order valence-corrected chi connectivity index (χ0v) is 9.24. The molecule has 0 saturated carbocycles. The van der Waals surface area contributed by atoms with Crippen molar-refractivity contribution in [2.75, 3.05) is 11.9 Å². The molecule has 0 rings (SSSR count). The minimum absolute atomic E-state index is 0.119. The van der Waals surface area contributed by atoms with Crippen molar-refractivity contribution in [3.05, 3.63) is 0 Å². The van der Waals surface area contributed by atoms with Crippen LogP contribution in [-0.2, 0) is 0 Å². The van der Waals surface area contributed by atoms with Crippen molar-refractivity contribution in [2.24, 2.45) is 5.73 Å². The van der Waals surface area contributed by atoms with Crippen LogP contribution >= 0.6 is 15.9 Å². The molecule has 11 heavy (non-hydrogen) atoms. The third-order valence-electron chi connectivity index (χ3n) is 1.88. The normalized spacial score (nSPS) is 15.0. The minimum atomic E-state index is -0.119.